The van der Waals surface area contributed by atoms with E-state index in [2.05, 4.69) is 5.10 Å². The van der Waals surface area contributed by atoms with Crippen LogP contribution < -0.4 is 0 Å². The zero-order chi connectivity index (χ0) is 13.2. The van der Waals surface area contributed by atoms with Gasteiger partial charge in [-0.05, 0) is 30.5 Å². The molecule has 0 saturated carbocycles. The van der Waals surface area contributed by atoms with E-state index < -0.39 is 6.10 Å². The molecule has 4 heteroatoms. The number of hydrogen-bond acceptors (Lipinski definition) is 3. The summed E-state index contributed by atoms with van der Waals surface area (Å²) < 4.78 is 7.42. The Bertz CT molecular complexity index is 651. The normalized spacial score (nSPS) is 12.9. The number of fused-ring (bicyclic) bond motifs is 1. The lowest BCUT2D eigenvalue weighted by Gasteiger charge is -2.05. The largest absolute Gasteiger partial charge is 0.458 e. The van der Waals surface area contributed by atoms with Gasteiger partial charge >= 0.3 is 0 Å². The second-order valence-electron chi connectivity index (χ2n) is 4.76. The molecule has 2 aromatic heterocycles. The molecule has 98 valence electrons. The molecule has 0 bridgehead atoms. The van der Waals surface area contributed by atoms with E-state index in [-0.39, 0.29) is 0 Å². The Morgan fingerprint density at radius 3 is 2.95 bits per heavy atom. The smallest absolute Gasteiger partial charge is 0.134 e. The lowest BCUT2D eigenvalue weighted by atomic mass is 10.1. The molecule has 3 rings (SSSR count). The quantitative estimate of drug-likeness (QED) is 0.781. The van der Waals surface area contributed by atoms with E-state index in [1.54, 1.807) is 4.68 Å². The SMILES string of the molecule is Cn1cc(CCC(O)c2cc3ccccc3o2)cn1. The monoisotopic (exact) mass is 256 g/mol. The highest BCUT2D eigenvalue weighted by Gasteiger charge is 2.13. The highest BCUT2D eigenvalue weighted by Crippen LogP contribution is 2.26. The molecule has 0 aliphatic heterocycles. The van der Waals surface area contributed by atoms with E-state index in [4.69, 9.17) is 4.42 Å². The molecule has 0 fully saturated rings. The minimum atomic E-state index is -0.576. The van der Waals surface area contributed by atoms with Crippen LogP contribution >= 0.6 is 0 Å². The first kappa shape index (κ1) is 12.0. The Morgan fingerprint density at radius 1 is 1.37 bits per heavy atom. The van der Waals surface area contributed by atoms with E-state index in [0.717, 1.165) is 23.0 Å². The Kier molecular flexibility index (Phi) is 3.09. The van der Waals surface area contributed by atoms with Gasteiger partial charge in [-0.2, -0.15) is 5.10 Å². The maximum absolute atomic E-state index is 10.2. The van der Waals surface area contributed by atoms with Crippen molar-refractivity contribution in [3.05, 3.63) is 54.0 Å². The number of aryl methyl sites for hydroxylation is 2. The van der Waals surface area contributed by atoms with Crippen LogP contribution in [0.5, 0.6) is 0 Å². The van der Waals surface area contributed by atoms with Crippen molar-refractivity contribution in [2.45, 2.75) is 18.9 Å². The van der Waals surface area contributed by atoms with Crippen LogP contribution in [-0.4, -0.2) is 14.9 Å². The van der Waals surface area contributed by atoms with Crippen LogP contribution in [-0.2, 0) is 13.5 Å². The molecular formula is C15H16N2O2. The summed E-state index contributed by atoms with van der Waals surface area (Å²) in [5.41, 5.74) is 1.94. The summed E-state index contributed by atoms with van der Waals surface area (Å²) in [4.78, 5) is 0. The van der Waals surface area contributed by atoms with Crippen molar-refractivity contribution in [2.75, 3.05) is 0 Å². The first-order chi connectivity index (χ1) is 9.22. The summed E-state index contributed by atoms with van der Waals surface area (Å²) >= 11 is 0. The second-order valence-corrected chi connectivity index (χ2v) is 4.76. The summed E-state index contributed by atoms with van der Waals surface area (Å²) in [7, 11) is 1.89. The third-order valence-electron chi connectivity index (χ3n) is 3.24. The fourth-order valence-electron chi connectivity index (χ4n) is 2.21. The summed E-state index contributed by atoms with van der Waals surface area (Å²) in [6.45, 7) is 0. The molecule has 1 N–H and O–H groups in total. The van der Waals surface area contributed by atoms with Gasteiger partial charge in [-0.25, -0.2) is 0 Å². The van der Waals surface area contributed by atoms with Crippen molar-refractivity contribution in [2.24, 2.45) is 7.05 Å². The van der Waals surface area contributed by atoms with Crippen LogP contribution in [0.1, 0.15) is 23.8 Å². The van der Waals surface area contributed by atoms with Crippen LogP contribution in [0.2, 0.25) is 0 Å². The fourth-order valence-corrected chi connectivity index (χ4v) is 2.21. The number of aliphatic hydroxyl groups is 1. The zero-order valence-electron chi connectivity index (χ0n) is 10.8. The van der Waals surface area contributed by atoms with Crippen LogP contribution in [0.3, 0.4) is 0 Å². The van der Waals surface area contributed by atoms with E-state index in [9.17, 15) is 5.11 Å². The first-order valence-electron chi connectivity index (χ1n) is 6.36. The maximum atomic E-state index is 10.2. The molecule has 19 heavy (non-hydrogen) atoms. The van der Waals surface area contributed by atoms with E-state index >= 15 is 0 Å². The summed E-state index contributed by atoms with van der Waals surface area (Å²) in [5.74, 6) is 0.630. The number of nitrogens with zero attached hydrogens (tertiary/aromatic N) is 2. The number of rotatable bonds is 4. The average Bonchev–Trinajstić information content (AvgIpc) is 3.01. The Morgan fingerprint density at radius 2 is 2.21 bits per heavy atom. The molecule has 3 aromatic rings. The molecule has 0 saturated heterocycles. The van der Waals surface area contributed by atoms with Gasteiger partial charge in [0.25, 0.3) is 0 Å². The number of furan rings is 1. The summed E-state index contributed by atoms with van der Waals surface area (Å²) in [6.07, 6.45) is 4.63. The molecule has 0 aliphatic carbocycles. The minimum absolute atomic E-state index is 0.576. The van der Waals surface area contributed by atoms with E-state index in [1.807, 2.05) is 49.8 Å². The highest BCUT2D eigenvalue weighted by atomic mass is 16.4. The molecule has 2 heterocycles. The number of aliphatic hydroxyl groups excluding tert-OH is 1. The lowest BCUT2D eigenvalue weighted by Crippen LogP contribution is -1.97. The van der Waals surface area contributed by atoms with Gasteiger partial charge < -0.3 is 9.52 Å². The summed E-state index contributed by atoms with van der Waals surface area (Å²) in [6, 6.07) is 9.69. The van der Waals surface area contributed by atoms with Crippen LogP contribution in [0.4, 0.5) is 0 Å². The van der Waals surface area contributed by atoms with Gasteiger partial charge in [0.1, 0.15) is 17.4 Å². The third-order valence-corrected chi connectivity index (χ3v) is 3.24. The van der Waals surface area contributed by atoms with Crippen molar-refractivity contribution < 1.29 is 9.52 Å². The van der Waals surface area contributed by atoms with Gasteiger partial charge in [-0.1, -0.05) is 18.2 Å². The molecule has 1 aromatic carbocycles. The van der Waals surface area contributed by atoms with Crippen LogP contribution in [0.15, 0.2) is 47.1 Å². The Balaban J connectivity index is 1.71. The number of hydrogen-bond donors (Lipinski definition) is 1. The van der Waals surface area contributed by atoms with Gasteiger partial charge in [0, 0.05) is 18.6 Å². The molecule has 1 unspecified atom stereocenters. The molecule has 0 radical (unpaired) electrons. The lowest BCUT2D eigenvalue weighted by molar-refractivity contribution is 0.143. The summed E-state index contributed by atoms with van der Waals surface area (Å²) in [5, 5.41) is 15.3. The predicted molar refractivity (Wildman–Crippen MR) is 72.7 cm³/mol. The van der Waals surface area contributed by atoms with Crippen molar-refractivity contribution in [3.63, 3.8) is 0 Å². The Labute approximate surface area is 111 Å². The molecule has 4 nitrogen and oxygen atoms in total. The van der Waals surface area contributed by atoms with E-state index in [1.165, 1.54) is 0 Å². The highest BCUT2D eigenvalue weighted by molar-refractivity contribution is 5.77. The first-order valence-corrected chi connectivity index (χ1v) is 6.36. The van der Waals surface area contributed by atoms with Gasteiger partial charge in [0.2, 0.25) is 0 Å². The zero-order valence-corrected chi connectivity index (χ0v) is 10.8. The number of aromatic nitrogens is 2. The van der Waals surface area contributed by atoms with Crippen molar-refractivity contribution >= 4 is 11.0 Å². The van der Waals surface area contributed by atoms with E-state index in [0.29, 0.717) is 12.2 Å². The maximum Gasteiger partial charge on any atom is 0.134 e. The van der Waals surface area contributed by atoms with Crippen LogP contribution in [0, 0.1) is 0 Å². The van der Waals surface area contributed by atoms with Crippen LogP contribution in [0.25, 0.3) is 11.0 Å². The van der Waals surface area contributed by atoms with Gasteiger partial charge in [0.05, 0.1) is 6.20 Å². The minimum Gasteiger partial charge on any atom is -0.458 e. The number of para-hydroxylation sites is 1. The molecule has 1 atom stereocenters. The third kappa shape index (κ3) is 2.53. The van der Waals surface area contributed by atoms with Gasteiger partial charge in [-0.3, -0.25) is 4.68 Å². The van der Waals surface area contributed by atoms with Gasteiger partial charge in [0.15, 0.2) is 0 Å². The fraction of sp³-hybridized carbons (Fsp3) is 0.267. The molecule has 0 aliphatic rings. The molecule has 0 spiro atoms. The topological polar surface area (TPSA) is 51.2 Å². The standard InChI is InChI=1S/C15H16N2O2/c1-17-10-11(9-16-17)6-7-13(18)15-8-12-4-2-3-5-14(12)19-15/h2-5,8-10,13,18H,6-7H2,1H3. The van der Waals surface area contributed by atoms with Crippen molar-refractivity contribution in [1.82, 2.24) is 9.78 Å². The van der Waals surface area contributed by atoms with Crippen molar-refractivity contribution in [1.29, 1.82) is 0 Å². The average molecular weight is 256 g/mol. The van der Waals surface area contributed by atoms with Gasteiger partial charge in [-0.15, -0.1) is 0 Å². The predicted octanol–water partition coefficient (Wildman–Crippen LogP) is 2.83. The van der Waals surface area contributed by atoms with Crippen molar-refractivity contribution in [3.8, 4) is 0 Å². The second kappa shape index (κ2) is 4.90. The number of benzene rings is 1. The Hall–Kier alpha value is -2.07. The molecular weight excluding hydrogens is 240 g/mol. The molecule has 0 amide bonds.